The molecule has 0 aliphatic carbocycles. The van der Waals surface area contributed by atoms with Gasteiger partial charge in [0.15, 0.2) is 0 Å². The van der Waals surface area contributed by atoms with Crippen LogP contribution in [0.4, 0.5) is 0 Å². The molecule has 3 nitrogen and oxygen atoms in total. The zero-order chi connectivity index (χ0) is 8.24. The molecule has 3 N–H and O–H groups in total. The molecule has 0 saturated carbocycles. The first kappa shape index (κ1) is 17.5. The van der Waals surface area contributed by atoms with Crippen molar-refractivity contribution >= 4 is 24.0 Å². The quantitative estimate of drug-likeness (QED) is 0.569. The Kier molecular flexibility index (Phi) is 35.7. The van der Waals surface area contributed by atoms with Crippen LogP contribution in [0.1, 0.15) is 0 Å². The number of rotatable bonds is 4. The van der Waals surface area contributed by atoms with Crippen LogP contribution < -0.4 is 10.6 Å². The highest BCUT2D eigenvalue weighted by atomic mass is 35.5. The van der Waals surface area contributed by atoms with Gasteiger partial charge in [0.1, 0.15) is 0 Å². The van der Waals surface area contributed by atoms with E-state index in [0.717, 1.165) is 6.54 Å². The number of nitrogens with one attached hydrogen (secondary N) is 2. The second-order valence-corrected chi connectivity index (χ2v) is 2.00. The molecule has 0 aliphatic rings. The second-order valence-electron chi connectivity index (χ2n) is 1.62. The van der Waals surface area contributed by atoms with Crippen molar-refractivity contribution in [3.8, 4) is 0 Å². The summed E-state index contributed by atoms with van der Waals surface area (Å²) in [5, 5.41) is 13.7. The fraction of sp³-hybridized carbons (Fsp3) is 1.00. The van der Waals surface area contributed by atoms with Crippen molar-refractivity contribution in [1.29, 1.82) is 0 Å². The van der Waals surface area contributed by atoms with Crippen LogP contribution in [-0.4, -0.2) is 44.8 Å². The van der Waals surface area contributed by atoms with Crippen LogP contribution in [0.25, 0.3) is 0 Å². The molecule has 72 valence electrons. The molecule has 0 aromatic heterocycles. The molecule has 0 aliphatic heterocycles. The average molecular weight is 205 g/mol. The van der Waals surface area contributed by atoms with Crippen molar-refractivity contribution in [3.63, 3.8) is 0 Å². The molecule has 0 amide bonds. The maximum atomic E-state index is 8.00. The van der Waals surface area contributed by atoms with Crippen LogP contribution in [-0.2, 0) is 0 Å². The Labute approximate surface area is 79.9 Å². The lowest BCUT2D eigenvalue weighted by Gasteiger charge is -1.84. The monoisotopic (exact) mass is 204 g/mol. The van der Waals surface area contributed by atoms with Gasteiger partial charge in [-0.1, -0.05) is 0 Å². The van der Waals surface area contributed by atoms with E-state index in [2.05, 4.69) is 10.6 Å². The lowest BCUT2D eigenvalue weighted by Crippen LogP contribution is -2.10. The first-order valence-electron chi connectivity index (χ1n) is 3.29. The topological polar surface area (TPSA) is 44.3 Å². The molecule has 0 fully saturated rings. The number of hydrogen-bond acceptors (Lipinski definition) is 3. The highest BCUT2D eigenvalue weighted by Gasteiger charge is 1.67. The number of hydrogen-bond donors (Lipinski definition) is 3. The van der Waals surface area contributed by atoms with Gasteiger partial charge in [-0.15, -0.1) is 24.0 Å². The van der Waals surface area contributed by atoms with Gasteiger partial charge in [-0.3, -0.25) is 0 Å². The van der Waals surface area contributed by atoms with E-state index in [1.54, 1.807) is 7.05 Å². The van der Waals surface area contributed by atoms with Crippen molar-refractivity contribution in [2.24, 2.45) is 0 Å². The lowest BCUT2D eigenvalue weighted by molar-refractivity contribution is 0.296. The van der Waals surface area contributed by atoms with Gasteiger partial charge in [-0.2, -0.15) is 0 Å². The first-order valence-corrected chi connectivity index (χ1v) is 3.83. The molecule has 0 heterocycles. The van der Waals surface area contributed by atoms with E-state index < -0.39 is 0 Å². The van der Waals surface area contributed by atoms with Gasteiger partial charge in [0, 0.05) is 19.0 Å². The van der Waals surface area contributed by atoms with Gasteiger partial charge in [0.05, 0.1) is 6.61 Å². The summed E-state index contributed by atoms with van der Waals surface area (Å²) in [5.41, 5.74) is 0. The molecular weight excluding hydrogens is 187 g/mol. The van der Waals surface area contributed by atoms with Gasteiger partial charge < -0.3 is 15.7 Å². The zero-order valence-corrected chi connectivity index (χ0v) is 8.63. The molecule has 0 radical (unpaired) electrons. The van der Waals surface area contributed by atoms with Crippen LogP contribution >= 0.6 is 24.0 Å². The van der Waals surface area contributed by atoms with Gasteiger partial charge in [0.2, 0.25) is 0 Å². The lowest BCUT2D eigenvalue weighted by atomic mass is 10.7. The predicted molar refractivity (Wildman–Crippen MR) is 52.9 cm³/mol. The van der Waals surface area contributed by atoms with Crippen molar-refractivity contribution in [1.82, 2.24) is 10.6 Å². The molecular formula is C6H18Cl2N2O. The smallest absolute Gasteiger partial charge is 0.0555 e. The summed E-state index contributed by atoms with van der Waals surface area (Å²) in [5.74, 6) is 0.705. The van der Waals surface area contributed by atoms with E-state index in [9.17, 15) is 0 Å². The van der Waals surface area contributed by atoms with Gasteiger partial charge in [-0.05, 0) is 14.1 Å². The molecule has 11 heavy (non-hydrogen) atoms. The number of alkyl halides is 1. The minimum atomic E-state index is 0. The van der Waals surface area contributed by atoms with Crippen LogP contribution in [0.2, 0.25) is 0 Å². The number of likely N-dealkylation sites (N-methyl/N-ethyl adjacent to an activating group) is 1. The van der Waals surface area contributed by atoms with Crippen molar-refractivity contribution in [2.45, 2.75) is 0 Å². The van der Waals surface area contributed by atoms with E-state index in [4.69, 9.17) is 16.7 Å². The third-order valence-electron chi connectivity index (χ3n) is 0.706. The summed E-state index contributed by atoms with van der Waals surface area (Å²) in [7, 11) is 3.68. The molecule has 0 rings (SSSR count). The summed E-state index contributed by atoms with van der Waals surface area (Å²) < 4.78 is 0. The Balaban J connectivity index is -0.000000107. The second kappa shape index (κ2) is 22.4. The summed E-state index contributed by atoms with van der Waals surface area (Å²) in [6.07, 6.45) is 0. The van der Waals surface area contributed by atoms with Gasteiger partial charge in [-0.25, -0.2) is 0 Å². The molecule has 0 aromatic rings. The zero-order valence-electron chi connectivity index (χ0n) is 7.06. The fourth-order valence-electron chi connectivity index (χ4n) is 0.206. The Morgan fingerprint density at radius 3 is 1.64 bits per heavy atom. The molecule has 5 heteroatoms. The summed E-state index contributed by atoms with van der Waals surface area (Å²) >= 11 is 5.24. The van der Waals surface area contributed by atoms with Crippen molar-refractivity contribution in [2.75, 3.05) is 39.7 Å². The van der Waals surface area contributed by atoms with Crippen LogP contribution in [0.15, 0.2) is 0 Å². The largest absolute Gasteiger partial charge is 0.395 e. The SMILES string of the molecule is CNCCCl.CNCCO.Cl. The Morgan fingerprint density at radius 2 is 1.64 bits per heavy atom. The van der Waals surface area contributed by atoms with Gasteiger partial charge >= 0.3 is 0 Å². The van der Waals surface area contributed by atoms with Crippen LogP contribution in [0, 0.1) is 0 Å². The molecule has 0 aromatic carbocycles. The fourth-order valence-corrected chi connectivity index (χ4v) is 0.395. The van der Waals surface area contributed by atoms with E-state index >= 15 is 0 Å². The minimum absolute atomic E-state index is 0. The third kappa shape index (κ3) is 37.6. The molecule has 0 spiro atoms. The van der Waals surface area contributed by atoms with Crippen molar-refractivity contribution < 1.29 is 5.11 Å². The standard InChI is InChI=1S/C3H8ClN.C3H9NO.ClH/c1-5-3-2-4;1-4-2-3-5;/h5H,2-3H2,1H3;4-5H,2-3H2,1H3;1H. The van der Waals surface area contributed by atoms with E-state index in [0.29, 0.717) is 12.4 Å². The highest BCUT2D eigenvalue weighted by molar-refractivity contribution is 6.18. The Hall–Kier alpha value is 0.460. The minimum Gasteiger partial charge on any atom is -0.395 e. The average Bonchev–Trinajstić information content (AvgIpc) is 1.93. The Bertz CT molecular complexity index is 39.6. The number of aliphatic hydroxyl groups is 1. The summed E-state index contributed by atoms with van der Waals surface area (Å²) in [6.45, 7) is 1.83. The molecule has 0 unspecified atom stereocenters. The van der Waals surface area contributed by atoms with Gasteiger partial charge in [0.25, 0.3) is 0 Å². The third-order valence-corrected chi connectivity index (χ3v) is 0.895. The van der Waals surface area contributed by atoms with Crippen molar-refractivity contribution in [3.05, 3.63) is 0 Å². The molecule has 0 saturated heterocycles. The number of aliphatic hydroxyl groups excluding tert-OH is 1. The van der Waals surface area contributed by atoms with Crippen LogP contribution in [0.3, 0.4) is 0 Å². The summed E-state index contributed by atoms with van der Waals surface area (Å²) in [6, 6.07) is 0. The molecule has 0 bridgehead atoms. The van der Waals surface area contributed by atoms with E-state index in [1.807, 2.05) is 7.05 Å². The highest BCUT2D eigenvalue weighted by Crippen LogP contribution is 1.64. The Morgan fingerprint density at radius 1 is 1.18 bits per heavy atom. The molecule has 0 atom stereocenters. The predicted octanol–water partition coefficient (Wildman–Crippen LogP) is 0.0645. The normalized spacial score (nSPS) is 7.64. The first-order chi connectivity index (χ1) is 4.83. The van der Waals surface area contributed by atoms with E-state index in [-0.39, 0.29) is 19.0 Å². The van der Waals surface area contributed by atoms with E-state index in [1.165, 1.54) is 0 Å². The number of halogens is 2. The summed E-state index contributed by atoms with van der Waals surface area (Å²) in [4.78, 5) is 0. The maximum Gasteiger partial charge on any atom is 0.0555 e. The maximum absolute atomic E-state index is 8.00. The van der Waals surface area contributed by atoms with Crippen LogP contribution in [0.5, 0.6) is 0 Å².